The van der Waals surface area contributed by atoms with Gasteiger partial charge < -0.3 is 9.47 Å². The monoisotopic (exact) mass is 323 g/mol. The Balaban J connectivity index is 2.33. The van der Waals surface area contributed by atoms with E-state index in [1.807, 2.05) is 54.6 Å². The van der Waals surface area contributed by atoms with Crippen LogP contribution in [0.25, 0.3) is 0 Å². The van der Waals surface area contributed by atoms with Crippen LogP contribution in [0.15, 0.2) is 54.6 Å². The fourth-order valence-electron chi connectivity index (χ4n) is 2.64. The van der Waals surface area contributed by atoms with Gasteiger partial charge in [0.25, 0.3) is 0 Å². The lowest BCUT2D eigenvalue weighted by atomic mass is 9.77. The number of carbonyl (C=O) groups excluding carboxylic acids is 1. The smallest absolute Gasteiger partial charge is 0.327 e. The molecular weight excluding hydrogens is 302 g/mol. The molecule has 0 amide bonds. The lowest BCUT2D eigenvalue weighted by Gasteiger charge is -2.24. The van der Waals surface area contributed by atoms with E-state index in [1.165, 1.54) is 0 Å². The number of rotatable bonds is 7. The molecule has 1 atom stereocenters. The second kappa shape index (κ2) is 8.16. The van der Waals surface area contributed by atoms with Crippen LogP contribution in [0.4, 0.5) is 0 Å². The molecule has 0 spiro atoms. The highest BCUT2D eigenvalue weighted by Crippen LogP contribution is 2.30. The van der Waals surface area contributed by atoms with Crippen molar-refractivity contribution in [3.8, 4) is 11.8 Å². The predicted octanol–water partition coefficient (Wildman–Crippen LogP) is 3.55. The van der Waals surface area contributed by atoms with Crippen LogP contribution >= 0.6 is 0 Å². The topological polar surface area (TPSA) is 59.3 Å². The molecule has 0 bridgehead atoms. The van der Waals surface area contributed by atoms with Gasteiger partial charge in [0.15, 0.2) is 5.41 Å². The Labute approximate surface area is 142 Å². The third kappa shape index (κ3) is 4.14. The SMILES string of the molecule is CCOC(=O)C(C#N)(Cc1ccccc1)Cc1ccc(OC)cc1. The Morgan fingerprint density at radius 2 is 1.62 bits per heavy atom. The Morgan fingerprint density at radius 1 is 1.04 bits per heavy atom. The number of carbonyl (C=O) groups is 1. The molecule has 0 heterocycles. The lowest BCUT2D eigenvalue weighted by molar-refractivity contribution is -0.152. The maximum Gasteiger partial charge on any atom is 0.327 e. The van der Waals surface area contributed by atoms with E-state index in [0.29, 0.717) is 12.8 Å². The van der Waals surface area contributed by atoms with E-state index >= 15 is 0 Å². The first-order valence-electron chi connectivity index (χ1n) is 7.89. The number of hydrogen-bond donors (Lipinski definition) is 0. The van der Waals surface area contributed by atoms with E-state index in [-0.39, 0.29) is 6.61 Å². The second-order valence-electron chi connectivity index (χ2n) is 5.60. The molecule has 0 saturated heterocycles. The molecular formula is C20H21NO3. The standard InChI is InChI=1S/C20H21NO3/c1-3-24-19(22)20(15-21,13-16-7-5-4-6-8-16)14-17-9-11-18(23-2)12-10-17/h4-12H,3,13-14H2,1-2H3. The lowest BCUT2D eigenvalue weighted by Crippen LogP contribution is -2.36. The van der Waals surface area contributed by atoms with E-state index in [2.05, 4.69) is 6.07 Å². The van der Waals surface area contributed by atoms with Crippen molar-refractivity contribution >= 4 is 5.97 Å². The van der Waals surface area contributed by atoms with Crippen molar-refractivity contribution < 1.29 is 14.3 Å². The van der Waals surface area contributed by atoms with E-state index in [9.17, 15) is 10.1 Å². The van der Waals surface area contributed by atoms with Crippen molar-refractivity contribution in [1.82, 2.24) is 0 Å². The summed E-state index contributed by atoms with van der Waals surface area (Å²) in [5, 5.41) is 9.82. The van der Waals surface area contributed by atoms with Crippen molar-refractivity contribution in [2.45, 2.75) is 19.8 Å². The molecule has 0 fully saturated rings. The Bertz CT molecular complexity index is 704. The molecule has 0 aliphatic heterocycles. The van der Waals surface area contributed by atoms with Gasteiger partial charge in [-0.05, 0) is 30.2 Å². The average Bonchev–Trinajstić information content (AvgIpc) is 2.62. The number of nitriles is 1. The van der Waals surface area contributed by atoms with Gasteiger partial charge in [-0.15, -0.1) is 0 Å². The quantitative estimate of drug-likeness (QED) is 0.731. The summed E-state index contributed by atoms with van der Waals surface area (Å²) >= 11 is 0. The van der Waals surface area contributed by atoms with Gasteiger partial charge >= 0.3 is 5.97 Å². The Kier molecular flexibility index (Phi) is 5.97. The van der Waals surface area contributed by atoms with Gasteiger partial charge in [-0.25, -0.2) is 0 Å². The molecule has 0 aliphatic carbocycles. The minimum atomic E-state index is -1.24. The van der Waals surface area contributed by atoms with Gasteiger partial charge in [-0.3, -0.25) is 4.79 Å². The Morgan fingerprint density at radius 3 is 2.12 bits per heavy atom. The van der Waals surface area contributed by atoms with E-state index in [0.717, 1.165) is 16.9 Å². The van der Waals surface area contributed by atoms with Crippen LogP contribution in [0.2, 0.25) is 0 Å². The molecule has 24 heavy (non-hydrogen) atoms. The fourth-order valence-corrected chi connectivity index (χ4v) is 2.64. The van der Waals surface area contributed by atoms with Crippen LogP contribution < -0.4 is 4.74 Å². The summed E-state index contributed by atoms with van der Waals surface area (Å²) in [4.78, 5) is 12.6. The molecule has 1 unspecified atom stereocenters. The summed E-state index contributed by atoms with van der Waals surface area (Å²) in [6.45, 7) is 2.00. The predicted molar refractivity (Wildman–Crippen MR) is 91.5 cm³/mol. The van der Waals surface area contributed by atoms with Gasteiger partial charge in [0.1, 0.15) is 5.75 Å². The molecule has 4 nitrogen and oxygen atoms in total. The van der Waals surface area contributed by atoms with Crippen molar-refractivity contribution in [2.75, 3.05) is 13.7 Å². The van der Waals surface area contributed by atoms with Gasteiger partial charge in [-0.1, -0.05) is 42.5 Å². The number of methoxy groups -OCH3 is 1. The molecule has 2 aromatic carbocycles. The van der Waals surface area contributed by atoms with Gasteiger partial charge in [0.2, 0.25) is 0 Å². The summed E-state index contributed by atoms with van der Waals surface area (Å²) in [5.41, 5.74) is 0.577. The zero-order valence-corrected chi connectivity index (χ0v) is 14.0. The highest BCUT2D eigenvalue weighted by atomic mass is 16.5. The van der Waals surface area contributed by atoms with Crippen molar-refractivity contribution in [3.05, 3.63) is 65.7 Å². The minimum Gasteiger partial charge on any atom is -0.497 e. The normalized spacial score (nSPS) is 12.7. The van der Waals surface area contributed by atoms with Crippen LogP contribution in [0.3, 0.4) is 0 Å². The van der Waals surface area contributed by atoms with Crippen molar-refractivity contribution in [2.24, 2.45) is 5.41 Å². The average molecular weight is 323 g/mol. The van der Waals surface area contributed by atoms with Crippen LogP contribution in [0.1, 0.15) is 18.1 Å². The Hall–Kier alpha value is -2.80. The molecule has 124 valence electrons. The van der Waals surface area contributed by atoms with E-state index < -0.39 is 11.4 Å². The van der Waals surface area contributed by atoms with Crippen LogP contribution in [0.5, 0.6) is 5.75 Å². The zero-order chi connectivity index (χ0) is 17.4. The molecule has 0 radical (unpaired) electrons. The van der Waals surface area contributed by atoms with Crippen molar-refractivity contribution in [3.63, 3.8) is 0 Å². The summed E-state index contributed by atoms with van der Waals surface area (Å²) in [5.74, 6) is 0.257. The number of benzene rings is 2. The summed E-state index contributed by atoms with van der Waals surface area (Å²) in [7, 11) is 1.60. The maximum absolute atomic E-state index is 12.6. The van der Waals surface area contributed by atoms with Gasteiger partial charge in [0.05, 0.1) is 19.8 Å². The fraction of sp³-hybridized carbons (Fsp3) is 0.300. The largest absolute Gasteiger partial charge is 0.497 e. The third-order valence-electron chi connectivity index (χ3n) is 3.89. The van der Waals surface area contributed by atoms with Gasteiger partial charge in [-0.2, -0.15) is 5.26 Å². The molecule has 4 heteroatoms. The first-order chi connectivity index (χ1) is 11.6. The molecule has 0 aliphatic rings. The summed E-state index contributed by atoms with van der Waals surface area (Å²) < 4.78 is 10.4. The molecule has 0 saturated carbocycles. The van der Waals surface area contributed by atoms with E-state index in [4.69, 9.17) is 9.47 Å². The molecule has 2 aromatic rings. The van der Waals surface area contributed by atoms with Crippen LogP contribution in [-0.2, 0) is 22.4 Å². The summed E-state index contributed by atoms with van der Waals surface area (Å²) in [6.07, 6.45) is 0.608. The van der Waals surface area contributed by atoms with E-state index in [1.54, 1.807) is 14.0 Å². The molecule has 2 rings (SSSR count). The van der Waals surface area contributed by atoms with Crippen LogP contribution in [0, 0.1) is 16.7 Å². The molecule has 0 aromatic heterocycles. The van der Waals surface area contributed by atoms with Crippen LogP contribution in [-0.4, -0.2) is 19.7 Å². The van der Waals surface area contributed by atoms with Gasteiger partial charge in [0, 0.05) is 12.8 Å². The number of hydrogen-bond acceptors (Lipinski definition) is 4. The number of ether oxygens (including phenoxy) is 2. The minimum absolute atomic E-state index is 0.250. The first kappa shape index (κ1) is 17.6. The highest BCUT2D eigenvalue weighted by Gasteiger charge is 2.40. The number of nitrogens with zero attached hydrogens (tertiary/aromatic N) is 1. The molecule has 0 N–H and O–H groups in total. The maximum atomic E-state index is 12.6. The second-order valence-corrected chi connectivity index (χ2v) is 5.60. The number of esters is 1. The zero-order valence-electron chi connectivity index (χ0n) is 14.0. The van der Waals surface area contributed by atoms with Crippen molar-refractivity contribution in [1.29, 1.82) is 5.26 Å². The first-order valence-corrected chi connectivity index (χ1v) is 7.89. The highest BCUT2D eigenvalue weighted by molar-refractivity contribution is 5.81. The summed E-state index contributed by atoms with van der Waals surface area (Å²) in [6, 6.07) is 19.1. The third-order valence-corrected chi connectivity index (χ3v) is 3.89.